The Morgan fingerprint density at radius 2 is 1.90 bits per heavy atom. The number of imidazole rings is 1. The molecule has 1 heterocycles. The molecule has 100 valence electrons. The van der Waals surface area contributed by atoms with Gasteiger partial charge in [0.05, 0.1) is 6.20 Å². The van der Waals surface area contributed by atoms with E-state index in [4.69, 9.17) is 11.6 Å². The van der Waals surface area contributed by atoms with Crippen LogP contribution in [0.15, 0.2) is 60.8 Å². The largest absolute Gasteiger partial charge is 0.340 e. The van der Waals surface area contributed by atoms with Crippen LogP contribution >= 0.6 is 11.6 Å². The molecule has 0 spiro atoms. The Balaban J connectivity index is 1.71. The molecular weight excluding hydrogens is 270 g/mol. The van der Waals surface area contributed by atoms with Crippen LogP contribution in [0.2, 0.25) is 5.02 Å². The summed E-state index contributed by atoms with van der Waals surface area (Å²) in [7, 11) is 0. The molecule has 1 aromatic heterocycles. The van der Waals surface area contributed by atoms with Crippen molar-refractivity contribution in [2.45, 2.75) is 6.42 Å². The molecule has 2 aromatic carbocycles. The molecule has 3 rings (SSSR count). The standard InChI is InChI=1S/C16H14ClN3/c17-13-7-4-8-14(10-13)19-16-11-18-15(20-16)9-12-5-2-1-3-6-12/h1-8,10-11,19H,9H2,(H,18,20). The maximum absolute atomic E-state index is 5.96. The third-order valence-corrected chi connectivity index (χ3v) is 3.18. The number of anilines is 2. The predicted molar refractivity (Wildman–Crippen MR) is 82.6 cm³/mol. The summed E-state index contributed by atoms with van der Waals surface area (Å²) in [6.07, 6.45) is 2.58. The Morgan fingerprint density at radius 1 is 1.05 bits per heavy atom. The lowest BCUT2D eigenvalue weighted by Crippen LogP contribution is -1.92. The highest BCUT2D eigenvalue weighted by molar-refractivity contribution is 6.30. The summed E-state index contributed by atoms with van der Waals surface area (Å²) < 4.78 is 0. The van der Waals surface area contributed by atoms with Gasteiger partial charge in [-0.2, -0.15) is 0 Å². The Bertz CT molecular complexity index is 692. The average Bonchev–Trinajstić information content (AvgIpc) is 2.87. The first-order valence-electron chi connectivity index (χ1n) is 6.40. The monoisotopic (exact) mass is 283 g/mol. The summed E-state index contributed by atoms with van der Waals surface area (Å²) in [6.45, 7) is 0. The van der Waals surface area contributed by atoms with Crippen LogP contribution in [-0.4, -0.2) is 9.97 Å². The van der Waals surface area contributed by atoms with E-state index >= 15 is 0 Å². The summed E-state index contributed by atoms with van der Waals surface area (Å²) in [5, 5.41) is 3.96. The predicted octanol–water partition coefficient (Wildman–Crippen LogP) is 4.40. The fourth-order valence-electron chi connectivity index (χ4n) is 2.03. The van der Waals surface area contributed by atoms with Gasteiger partial charge in [0, 0.05) is 17.1 Å². The fourth-order valence-corrected chi connectivity index (χ4v) is 2.22. The van der Waals surface area contributed by atoms with Crippen molar-refractivity contribution in [3.63, 3.8) is 0 Å². The lowest BCUT2D eigenvalue weighted by atomic mass is 10.1. The molecule has 0 radical (unpaired) electrons. The first-order valence-corrected chi connectivity index (χ1v) is 6.78. The molecule has 0 fully saturated rings. The van der Waals surface area contributed by atoms with Crippen molar-refractivity contribution in [3.8, 4) is 0 Å². The van der Waals surface area contributed by atoms with Crippen LogP contribution in [0.3, 0.4) is 0 Å². The SMILES string of the molecule is Clc1cccc(Nc2cnc(Cc3ccccc3)[nH]2)c1. The van der Waals surface area contributed by atoms with E-state index in [2.05, 4.69) is 27.4 Å². The molecule has 0 atom stereocenters. The van der Waals surface area contributed by atoms with Crippen molar-refractivity contribution in [1.82, 2.24) is 9.97 Å². The number of hydrogen-bond acceptors (Lipinski definition) is 2. The molecule has 0 saturated heterocycles. The number of benzene rings is 2. The molecule has 3 aromatic rings. The van der Waals surface area contributed by atoms with Gasteiger partial charge < -0.3 is 10.3 Å². The fraction of sp³-hybridized carbons (Fsp3) is 0.0625. The van der Waals surface area contributed by atoms with Crippen LogP contribution in [0.1, 0.15) is 11.4 Å². The second-order valence-electron chi connectivity index (χ2n) is 4.54. The minimum absolute atomic E-state index is 0.707. The molecule has 0 amide bonds. The van der Waals surface area contributed by atoms with Crippen molar-refractivity contribution in [1.29, 1.82) is 0 Å². The molecule has 3 nitrogen and oxygen atoms in total. The lowest BCUT2D eigenvalue weighted by Gasteiger charge is -2.03. The molecule has 0 saturated carbocycles. The van der Waals surface area contributed by atoms with Crippen molar-refractivity contribution in [3.05, 3.63) is 77.2 Å². The number of halogens is 1. The Hall–Kier alpha value is -2.26. The molecule has 0 aliphatic carbocycles. The molecule has 2 N–H and O–H groups in total. The number of H-pyrrole nitrogens is 1. The van der Waals surface area contributed by atoms with Gasteiger partial charge in [-0.15, -0.1) is 0 Å². The highest BCUT2D eigenvalue weighted by Crippen LogP contribution is 2.19. The summed E-state index contributed by atoms with van der Waals surface area (Å²) in [6, 6.07) is 17.8. The number of aromatic nitrogens is 2. The molecule has 20 heavy (non-hydrogen) atoms. The van der Waals surface area contributed by atoms with Gasteiger partial charge in [-0.1, -0.05) is 48.0 Å². The zero-order chi connectivity index (χ0) is 13.8. The van der Waals surface area contributed by atoms with E-state index in [1.807, 2.05) is 42.5 Å². The highest BCUT2D eigenvalue weighted by Gasteiger charge is 2.02. The van der Waals surface area contributed by atoms with E-state index in [9.17, 15) is 0 Å². The van der Waals surface area contributed by atoms with E-state index < -0.39 is 0 Å². The van der Waals surface area contributed by atoms with Crippen LogP contribution < -0.4 is 5.32 Å². The van der Waals surface area contributed by atoms with Crippen LogP contribution in [-0.2, 0) is 6.42 Å². The normalized spacial score (nSPS) is 10.4. The van der Waals surface area contributed by atoms with Crippen molar-refractivity contribution in [2.24, 2.45) is 0 Å². The summed E-state index contributed by atoms with van der Waals surface area (Å²) >= 11 is 5.96. The van der Waals surface area contributed by atoms with Gasteiger partial charge in [0.1, 0.15) is 11.6 Å². The zero-order valence-electron chi connectivity index (χ0n) is 10.8. The highest BCUT2D eigenvalue weighted by atomic mass is 35.5. The van der Waals surface area contributed by atoms with E-state index in [1.54, 1.807) is 6.20 Å². The molecule has 0 bridgehead atoms. The third-order valence-electron chi connectivity index (χ3n) is 2.95. The smallest absolute Gasteiger partial charge is 0.127 e. The molecule has 4 heteroatoms. The van der Waals surface area contributed by atoms with Crippen molar-refractivity contribution < 1.29 is 0 Å². The summed E-state index contributed by atoms with van der Waals surface area (Å²) in [4.78, 5) is 7.64. The number of aromatic amines is 1. The van der Waals surface area contributed by atoms with Gasteiger partial charge in [0.2, 0.25) is 0 Å². The van der Waals surface area contributed by atoms with Crippen molar-refractivity contribution in [2.75, 3.05) is 5.32 Å². The second kappa shape index (κ2) is 5.80. The Morgan fingerprint density at radius 3 is 2.70 bits per heavy atom. The van der Waals surface area contributed by atoms with Crippen LogP contribution in [0.5, 0.6) is 0 Å². The lowest BCUT2D eigenvalue weighted by molar-refractivity contribution is 1.03. The van der Waals surface area contributed by atoms with Gasteiger partial charge >= 0.3 is 0 Å². The van der Waals surface area contributed by atoms with E-state index in [-0.39, 0.29) is 0 Å². The summed E-state index contributed by atoms with van der Waals surface area (Å²) in [5.74, 6) is 1.79. The maximum Gasteiger partial charge on any atom is 0.127 e. The first-order chi connectivity index (χ1) is 9.79. The van der Waals surface area contributed by atoms with Crippen LogP contribution in [0.25, 0.3) is 0 Å². The van der Waals surface area contributed by atoms with E-state index in [0.29, 0.717) is 5.02 Å². The van der Waals surface area contributed by atoms with Crippen LogP contribution in [0, 0.1) is 0 Å². The molecule has 0 unspecified atom stereocenters. The summed E-state index contributed by atoms with van der Waals surface area (Å²) in [5.41, 5.74) is 2.17. The molecule has 0 aliphatic rings. The molecule has 0 aliphatic heterocycles. The molecular formula is C16H14ClN3. The van der Waals surface area contributed by atoms with Gasteiger partial charge in [0.15, 0.2) is 0 Å². The number of nitrogens with zero attached hydrogens (tertiary/aromatic N) is 1. The average molecular weight is 284 g/mol. The quantitative estimate of drug-likeness (QED) is 0.745. The Labute approximate surface area is 122 Å². The minimum Gasteiger partial charge on any atom is -0.340 e. The van der Waals surface area contributed by atoms with Gasteiger partial charge in [-0.3, -0.25) is 0 Å². The van der Waals surface area contributed by atoms with Crippen molar-refractivity contribution >= 4 is 23.1 Å². The maximum atomic E-state index is 5.96. The Kier molecular flexibility index (Phi) is 3.70. The van der Waals surface area contributed by atoms with E-state index in [1.165, 1.54) is 5.56 Å². The van der Waals surface area contributed by atoms with Gasteiger partial charge in [-0.05, 0) is 23.8 Å². The van der Waals surface area contributed by atoms with E-state index in [0.717, 1.165) is 23.8 Å². The topological polar surface area (TPSA) is 40.7 Å². The zero-order valence-corrected chi connectivity index (χ0v) is 11.6. The second-order valence-corrected chi connectivity index (χ2v) is 4.98. The van der Waals surface area contributed by atoms with Gasteiger partial charge in [-0.25, -0.2) is 4.98 Å². The minimum atomic E-state index is 0.707. The first kappa shape index (κ1) is 12.8. The third kappa shape index (κ3) is 3.19. The number of nitrogens with one attached hydrogen (secondary N) is 2. The number of rotatable bonds is 4. The van der Waals surface area contributed by atoms with Crippen LogP contribution in [0.4, 0.5) is 11.5 Å². The van der Waals surface area contributed by atoms with Gasteiger partial charge in [0.25, 0.3) is 0 Å². The number of hydrogen-bond donors (Lipinski definition) is 2.